The van der Waals surface area contributed by atoms with Crippen LogP contribution in [-0.2, 0) is 9.53 Å². The van der Waals surface area contributed by atoms with Gasteiger partial charge in [-0.05, 0) is 24.6 Å². The molecule has 1 saturated heterocycles. The first kappa shape index (κ1) is 14.5. The van der Waals surface area contributed by atoms with Gasteiger partial charge in [-0.2, -0.15) is 0 Å². The average molecular weight is 299 g/mol. The van der Waals surface area contributed by atoms with E-state index in [2.05, 4.69) is 15.3 Å². The number of rotatable bonds is 5. The molecule has 0 saturated carbocycles. The first-order chi connectivity index (χ1) is 10.8. The second-order valence-corrected chi connectivity index (χ2v) is 5.02. The summed E-state index contributed by atoms with van der Waals surface area (Å²) >= 11 is 0. The van der Waals surface area contributed by atoms with Gasteiger partial charge in [0, 0.05) is 30.8 Å². The van der Waals surface area contributed by atoms with Gasteiger partial charge in [0.1, 0.15) is 11.9 Å². The van der Waals surface area contributed by atoms with Crippen LogP contribution >= 0.6 is 0 Å². The quantitative estimate of drug-likeness (QED) is 0.905. The third-order valence-electron chi connectivity index (χ3n) is 3.46. The molecule has 1 amide bonds. The Hall–Kier alpha value is -2.47. The number of carbonyl (C=O) groups excluding carboxylic acids is 1. The minimum Gasteiger partial charge on any atom is -0.482 e. The Balaban J connectivity index is 1.54. The number of aromatic nitrogens is 2. The zero-order valence-electron chi connectivity index (χ0n) is 12.0. The van der Waals surface area contributed by atoms with Crippen molar-refractivity contribution in [2.75, 3.05) is 13.2 Å². The van der Waals surface area contributed by atoms with Crippen LogP contribution in [0.5, 0.6) is 5.75 Å². The molecule has 0 aliphatic carbocycles. The van der Waals surface area contributed by atoms with Crippen molar-refractivity contribution in [3.63, 3.8) is 0 Å². The van der Waals surface area contributed by atoms with E-state index in [0.29, 0.717) is 12.4 Å². The molecule has 1 N–H and O–H groups in total. The molecule has 6 nitrogen and oxygen atoms in total. The van der Waals surface area contributed by atoms with Crippen molar-refractivity contribution in [3.05, 3.63) is 54.6 Å². The highest BCUT2D eigenvalue weighted by Gasteiger charge is 2.31. The summed E-state index contributed by atoms with van der Waals surface area (Å²) in [6, 6.07) is 7.28. The zero-order valence-corrected chi connectivity index (χ0v) is 12.0. The third-order valence-corrected chi connectivity index (χ3v) is 3.46. The van der Waals surface area contributed by atoms with E-state index in [-0.39, 0.29) is 24.7 Å². The van der Waals surface area contributed by atoms with Crippen LogP contribution in [-0.4, -0.2) is 35.1 Å². The minimum atomic E-state index is -0.173. The van der Waals surface area contributed by atoms with Crippen LogP contribution in [0.25, 0.3) is 0 Å². The van der Waals surface area contributed by atoms with E-state index >= 15 is 0 Å². The fourth-order valence-corrected chi connectivity index (χ4v) is 2.44. The van der Waals surface area contributed by atoms with Crippen molar-refractivity contribution in [2.24, 2.45) is 0 Å². The van der Waals surface area contributed by atoms with Crippen LogP contribution in [0, 0.1) is 0 Å². The van der Waals surface area contributed by atoms with Crippen molar-refractivity contribution >= 4 is 5.91 Å². The van der Waals surface area contributed by atoms with Gasteiger partial charge in [0.05, 0.1) is 12.2 Å². The smallest absolute Gasteiger partial charge is 0.258 e. The normalized spacial score (nSPS) is 20.5. The molecule has 2 aromatic heterocycles. The molecular weight excluding hydrogens is 282 g/mol. The van der Waals surface area contributed by atoms with Gasteiger partial charge in [0.25, 0.3) is 5.91 Å². The van der Waals surface area contributed by atoms with Crippen LogP contribution in [0.4, 0.5) is 0 Å². The molecule has 3 rings (SSSR count). The van der Waals surface area contributed by atoms with Gasteiger partial charge in [-0.3, -0.25) is 14.8 Å². The van der Waals surface area contributed by atoms with Gasteiger partial charge < -0.3 is 14.8 Å². The maximum Gasteiger partial charge on any atom is 0.258 e. The van der Waals surface area contributed by atoms with Crippen molar-refractivity contribution in [2.45, 2.75) is 18.6 Å². The maximum absolute atomic E-state index is 12.0. The molecule has 114 valence electrons. The molecule has 0 bridgehead atoms. The van der Waals surface area contributed by atoms with E-state index in [4.69, 9.17) is 9.47 Å². The van der Waals surface area contributed by atoms with E-state index < -0.39 is 0 Å². The van der Waals surface area contributed by atoms with Crippen LogP contribution < -0.4 is 10.1 Å². The lowest BCUT2D eigenvalue weighted by molar-refractivity contribution is -0.124. The highest BCUT2D eigenvalue weighted by Crippen LogP contribution is 2.28. The average Bonchev–Trinajstić information content (AvgIpc) is 3.03. The molecule has 1 aliphatic rings. The standard InChI is InChI=1S/C16H17N3O3/c20-15(11-22-13-4-2-7-18-10-13)19-14-5-8-21-16(14)12-3-1-6-17-9-12/h1-4,6-7,9-10,14,16H,5,8,11H2,(H,19,20)/t14-,16+/m0/s1. The molecule has 0 radical (unpaired) electrons. The molecule has 2 aromatic rings. The number of hydrogen-bond acceptors (Lipinski definition) is 5. The highest BCUT2D eigenvalue weighted by atomic mass is 16.5. The topological polar surface area (TPSA) is 73.3 Å². The number of ether oxygens (including phenoxy) is 2. The van der Waals surface area contributed by atoms with Crippen molar-refractivity contribution in [1.29, 1.82) is 0 Å². The second kappa shape index (κ2) is 7.00. The SMILES string of the molecule is O=C(COc1cccnc1)N[C@H]1CCO[C@@H]1c1cccnc1. The largest absolute Gasteiger partial charge is 0.482 e. The van der Waals surface area contributed by atoms with E-state index in [0.717, 1.165) is 12.0 Å². The molecule has 0 aromatic carbocycles. The van der Waals surface area contributed by atoms with Crippen molar-refractivity contribution in [3.8, 4) is 5.75 Å². The lowest BCUT2D eigenvalue weighted by Gasteiger charge is -2.20. The van der Waals surface area contributed by atoms with Crippen LogP contribution in [0.15, 0.2) is 49.1 Å². The van der Waals surface area contributed by atoms with E-state index in [1.165, 1.54) is 0 Å². The van der Waals surface area contributed by atoms with Crippen molar-refractivity contribution < 1.29 is 14.3 Å². The Kier molecular flexibility index (Phi) is 4.60. The van der Waals surface area contributed by atoms with Crippen LogP contribution in [0.3, 0.4) is 0 Å². The number of amides is 1. The van der Waals surface area contributed by atoms with Crippen molar-refractivity contribution in [1.82, 2.24) is 15.3 Å². The summed E-state index contributed by atoms with van der Waals surface area (Å²) in [4.78, 5) is 20.1. The molecule has 0 unspecified atom stereocenters. The predicted molar refractivity (Wildman–Crippen MR) is 79.2 cm³/mol. The van der Waals surface area contributed by atoms with E-state index in [1.807, 2.05) is 12.1 Å². The lowest BCUT2D eigenvalue weighted by Crippen LogP contribution is -2.39. The lowest BCUT2D eigenvalue weighted by atomic mass is 10.0. The van der Waals surface area contributed by atoms with Crippen LogP contribution in [0.2, 0.25) is 0 Å². The minimum absolute atomic E-state index is 0.0397. The van der Waals surface area contributed by atoms with Gasteiger partial charge in [-0.1, -0.05) is 6.07 Å². The summed E-state index contributed by atoms with van der Waals surface area (Å²) in [5, 5.41) is 2.96. The third kappa shape index (κ3) is 3.59. The Bertz CT molecular complexity index is 607. The summed E-state index contributed by atoms with van der Waals surface area (Å²) in [5.74, 6) is 0.400. The fourth-order valence-electron chi connectivity index (χ4n) is 2.44. The van der Waals surface area contributed by atoms with E-state index in [9.17, 15) is 4.79 Å². The number of carbonyl (C=O) groups is 1. The molecule has 22 heavy (non-hydrogen) atoms. The Morgan fingerprint density at radius 1 is 1.27 bits per heavy atom. The Morgan fingerprint density at radius 3 is 2.82 bits per heavy atom. The molecule has 0 spiro atoms. The maximum atomic E-state index is 12.0. The van der Waals surface area contributed by atoms with Gasteiger partial charge in [-0.15, -0.1) is 0 Å². The first-order valence-electron chi connectivity index (χ1n) is 7.16. The monoisotopic (exact) mass is 299 g/mol. The Morgan fingerprint density at radius 2 is 2.09 bits per heavy atom. The Labute approximate surface area is 128 Å². The summed E-state index contributed by atoms with van der Waals surface area (Å²) < 4.78 is 11.1. The number of pyridine rings is 2. The molecule has 1 aliphatic heterocycles. The molecule has 3 heterocycles. The number of nitrogens with one attached hydrogen (secondary N) is 1. The summed E-state index contributed by atoms with van der Waals surface area (Å²) in [6.07, 6.45) is 7.33. The molecular formula is C16H17N3O3. The predicted octanol–water partition coefficient (Wildman–Crippen LogP) is 1.50. The summed E-state index contributed by atoms with van der Waals surface area (Å²) in [5.41, 5.74) is 0.971. The summed E-state index contributed by atoms with van der Waals surface area (Å²) in [7, 11) is 0. The van der Waals surface area contributed by atoms with Gasteiger partial charge in [0.2, 0.25) is 0 Å². The van der Waals surface area contributed by atoms with Gasteiger partial charge in [-0.25, -0.2) is 0 Å². The molecule has 2 atom stereocenters. The fraction of sp³-hybridized carbons (Fsp3) is 0.312. The molecule has 1 fully saturated rings. The highest BCUT2D eigenvalue weighted by molar-refractivity contribution is 5.78. The summed E-state index contributed by atoms with van der Waals surface area (Å²) in [6.45, 7) is 0.579. The second-order valence-electron chi connectivity index (χ2n) is 5.02. The number of hydrogen-bond donors (Lipinski definition) is 1. The van der Waals surface area contributed by atoms with Crippen LogP contribution in [0.1, 0.15) is 18.1 Å². The van der Waals surface area contributed by atoms with Gasteiger partial charge >= 0.3 is 0 Å². The van der Waals surface area contributed by atoms with E-state index in [1.54, 1.807) is 36.9 Å². The number of nitrogens with zero attached hydrogens (tertiary/aromatic N) is 2. The molecule has 6 heteroatoms. The van der Waals surface area contributed by atoms with Gasteiger partial charge in [0.15, 0.2) is 6.61 Å². The first-order valence-corrected chi connectivity index (χ1v) is 7.16. The zero-order chi connectivity index (χ0) is 15.2.